The van der Waals surface area contributed by atoms with Crippen LogP contribution in [0.25, 0.3) is 23.1 Å². The Labute approximate surface area is 94.0 Å². The van der Waals surface area contributed by atoms with E-state index in [1.165, 1.54) is 11.3 Å². The first-order valence-electron chi connectivity index (χ1n) is 4.42. The summed E-state index contributed by atoms with van der Waals surface area (Å²) in [5, 5.41) is 5.66. The van der Waals surface area contributed by atoms with Crippen molar-refractivity contribution in [3.05, 3.63) is 29.5 Å². The highest BCUT2D eigenvalue weighted by Gasteiger charge is 2.12. The Morgan fingerprint density at radius 3 is 2.88 bits per heavy atom. The van der Waals surface area contributed by atoms with Crippen molar-refractivity contribution >= 4 is 11.3 Å². The smallest absolute Gasteiger partial charge is 0.277 e. The van der Waals surface area contributed by atoms with Crippen LogP contribution in [-0.2, 0) is 0 Å². The predicted octanol–water partition coefficient (Wildman–Crippen LogP) is 1.65. The summed E-state index contributed by atoms with van der Waals surface area (Å²) in [5.74, 6) is 0.804. The topological polar surface area (TPSA) is 77.6 Å². The number of aromatic nitrogens is 5. The molecule has 0 aromatic carbocycles. The van der Waals surface area contributed by atoms with E-state index in [0.29, 0.717) is 23.1 Å². The number of hydrogen-bond donors (Lipinski definition) is 0. The average molecular weight is 231 g/mol. The summed E-state index contributed by atoms with van der Waals surface area (Å²) in [6.07, 6.45) is 4.74. The number of nitrogens with zero attached hydrogens (tertiary/aromatic N) is 5. The Balaban J connectivity index is 2.00. The van der Waals surface area contributed by atoms with Crippen molar-refractivity contribution in [2.24, 2.45) is 0 Å². The molecule has 0 aliphatic carbocycles. The van der Waals surface area contributed by atoms with Crippen LogP contribution in [0.1, 0.15) is 0 Å². The first kappa shape index (κ1) is 9.10. The molecule has 0 fully saturated rings. The SMILES string of the molecule is c1cnc(-c2noc(-c3cscn3)n2)cn1. The van der Waals surface area contributed by atoms with Crippen molar-refractivity contribution in [3.8, 4) is 23.1 Å². The molecular formula is C9H5N5OS. The van der Waals surface area contributed by atoms with E-state index in [1.54, 1.807) is 24.1 Å². The van der Waals surface area contributed by atoms with Crippen LogP contribution in [0.15, 0.2) is 34.0 Å². The first-order valence-corrected chi connectivity index (χ1v) is 5.36. The fraction of sp³-hybridized carbons (Fsp3) is 0. The molecule has 78 valence electrons. The minimum atomic E-state index is 0.391. The van der Waals surface area contributed by atoms with Gasteiger partial charge < -0.3 is 4.52 Å². The minimum absolute atomic E-state index is 0.391. The van der Waals surface area contributed by atoms with Gasteiger partial charge in [-0.1, -0.05) is 5.16 Å². The van der Waals surface area contributed by atoms with Gasteiger partial charge in [-0.05, 0) is 0 Å². The third-order valence-electron chi connectivity index (χ3n) is 1.87. The molecule has 0 saturated carbocycles. The van der Waals surface area contributed by atoms with E-state index in [2.05, 4.69) is 25.1 Å². The van der Waals surface area contributed by atoms with Crippen LogP contribution in [0.4, 0.5) is 0 Å². The minimum Gasteiger partial charge on any atom is -0.332 e. The summed E-state index contributed by atoms with van der Waals surface area (Å²) in [7, 11) is 0. The highest BCUT2D eigenvalue weighted by atomic mass is 32.1. The van der Waals surface area contributed by atoms with Crippen LogP contribution in [-0.4, -0.2) is 25.1 Å². The van der Waals surface area contributed by atoms with Gasteiger partial charge in [-0.15, -0.1) is 11.3 Å². The second kappa shape index (κ2) is 3.78. The lowest BCUT2D eigenvalue weighted by Gasteiger charge is -1.88. The van der Waals surface area contributed by atoms with E-state index in [1.807, 2.05) is 5.38 Å². The van der Waals surface area contributed by atoms with E-state index in [9.17, 15) is 0 Å². The fourth-order valence-corrected chi connectivity index (χ4v) is 1.69. The van der Waals surface area contributed by atoms with Gasteiger partial charge in [0.2, 0.25) is 5.82 Å². The van der Waals surface area contributed by atoms with E-state index in [-0.39, 0.29) is 0 Å². The summed E-state index contributed by atoms with van der Waals surface area (Å²) >= 11 is 1.47. The van der Waals surface area contributed by atoms with E-state index >= 15 is 0 Å². The lowest BCUT2D eigenvalue weighted by molar-refractivity contribution is 0.431. The van der Waals surface area contributed by atoms with Crippen molar-refractivity contribution in [2.45, 2.75) is 0 Å². The molecule has 3 heterocycles. The van der Waals surface area contributed by atoms with Gasteiger partial charge in [0.05, 0.1) is 11.7 Å². The van der Waals surface area contributed by atoms with Gasteiger partial charge in [-0.2, -0.15) is 4.98 Å². The molecule has 0 aliphatic heterocycles. The van der Waals surface area contributed by atoms with E-state index in [4.69, 9.17) is 4.52 Å². The fourth-order valence-electron chi connectivity index (χ4n) is 1.16. The summed E-state index contributed by atoms with van der Waals surface area (Å²) in [4.78, 5) is 16.3. The summed E-state index contributed by atoms with van der Waals surface area (Å²) < 4.78 is 5.08. The molecule has 3 rings (SSSR count). The lowest BCUT2D eigenvalue weighted by Crippen LogP contribution is -1.86. The van der Waals surface area contributed by atoms with Crippen LogP contribution >= 0.6 is 11.3 Å². The molecule has 0 unspecified atom stereocenters. The summed E-state index contributed by atoms with van der Waals surface area (Å²) in [6, 6.07) is 0. The van der Waals surface area contributed by atoms with Gasteiger partial charge in [0.15, 0.2) is 0 Å². The highest BCUT2D eigenvalue weighted by molar-refractivity contribution is 7.07. The number of rotatable bonds is 2. The standard InChI is InChI=1S/C9H5N5OS/c1-2-11-6(3-10-1)8-13-9(15-14-8)7-4-16-5-12-7/h1-5H. The molecule has 0 saturated heterocycles. The van der Waals surface area contributed by atoms with Crippen molar-refractivity contribution in [3.63, 3.8) is 0 Å². The molecule has 0 spiro atoms. The molecule has 0 aliphatic rings. The monoisotopic (exact) mass is 231 g/mol. The Morgan fingerprint density at radius 2 is 2.12 bits per heavy atom. The van der Waals surface area contributed by atoms with Crippen molar-refractivity contribution < 1.29 is 4.52 Å². The van der Waals surface area contributed by atoms with Gasteiger partial charge in [0.1, 0.15) is 11.4 Å². The quantitative estimate of drug-likeness (QED) is 0.667. The molecule has 3 aromatic heterocycles. The number of thiazole rings is 1. The first-order chi connectivity index (χ1) is 7.93. The number of hydrogen-bond acceptors (Lipinski definition) is 7. The lowest BCUT2D eigenvalue weighted by atomic mass is 10.4. The maximum absolute atomic E-state index is 5.08. The van der Waals surface area contributed by atoms with Crippen LogP contribution in [0.3, 0.4) is 0 Å². The molecule has 6 nitrogen and oxygen atoms in total. The molecule has 0 amide bonds. The largest absolute Gasteiger partial charge is 0.332 e. The molecule has 0 radical (unpaired) electrons. The Bertz CT molecular complexity index is 577. The van der Waals surface area contributed by atoms with Crippen LogP contribution < -0.4 is 0 Å². The summed E-state index contributed by atoms with van der Waals surface area (Å²) in [6.45, 7) is 0. The van der Waals surface area contributed by atoms with Crippen LogP contribution in [0, 0.1) is 0 Å². The highest BCUT2D eigenvalue weighted by Crippen LogP contribution is 2.19. The van der Waals surface area contributed by atoms with Gasteiger partial charge in [0.25, 0.3) is 5.89 Å². The third kappa shape index (κ3) is 1.57. The van der Waals surface area contributed by atoms with E-state index < -0.39 is 0 Å². The summed E-state index contributed by atoms with van der Waals surface area (Å²) in [5.41, 5.74) is 2.96. The Hall–Kier alpha value is -2.15. The Morgan fingerprint density at radius 1 is 1.12 bits per heavy atom. The second-order valence-corrected chi connectivity index (χ2v) is 3.61. The second-order valence-electron chi connectivity index (χ2n) is 2.89. The maximum Gasteiger partial charge on any atom is 0.277 e. The molecule has 7 heteroatoms. The van der Waals surface area contributed by atoms with Crippen molar-refractivity contribution in [1.82, 2.24) is 25.1 Å². The average Bonchev–Trinajstić information content (AvgIpc) is 3.01. The maximum atomic E-state index is 5.08. The van der Waals surface area contributed by atoms with Gasteiger partial charge >= 0.3 is 0 Å². The Kier molecular flexibility index (Phi) is 2.15. The predicted molar refractivity (Wildman–Crippen MR) is 56.4 cm³/mol. The molecule has 0 bridgehead atoms. The van der Waals surface area contributed by atoms with E-state index in [0.717, 1.165) is 0 Å². The van der Waals surface area contributed by atoms with Crippen LogP contribution in [0.5, 0.6) is 0 Å². The van der Waals surface area contributed by atoms with Crippen LogP contribution in [0.2, 0.25) is 0 Å². The van der Waals surface area contributed by atoms with Gasteiger partial charge in [-0.25, -0.2) is 9.97 Å². The van der Waals surface area contributed by atoms with Gasteiger partial charge in [0, 0.05) is 17.8 Å². The molecule has 3 aromatic rings. The zero-order chi connectivity index (χ0) is 10.8. The molecular weight excluding hydrogens is 226 g/mol. The zero-order valence-corrected chi connectivity index (χ0v) is 8.76. The normalized spacial score (nSPS) is 10.5. The molecule has 0 atom stereocenters. The molecule has 16 heavy (non-hydrogen) atoms. The van der Waals surface area contributed by atoms with Gasteiger partial charge in [-0.3, -0.25) is 4.98 Å². The molecule has 0 N–H and O–H groups in total. The van der Waals surface area contributed by atoms with Crippen molar-refractivity contribution in [1.29, 1.82) is 0 Å². The third-order valence-corrected chi connectivity index (χ3v) is 2.46. The zero-order valence-electron chi connectivity index (χ0n) is 7.94. The van der Waals surface area contributed by atoms with Crippen molar-refractivity contribution in [2.75, 3.05) is 0 Å².